The van der Waals surface area contributed by atoms with Crippen LogP contribution in [0.4, 0.5) is 11.4 Å². The summed E-state index contributed by atoms with van der Waals surface area (Å²) in [5.41, 5.74) is 2.23. The van der Waals surface area contributed by atoms with Crippen molar-refractivity contribution in [1.82, 2.24) is 5.43 Å². The number of nitro benzene ring substituents is 1. The van der Waals surface area contributed by atoms with E-state index in [1.165, 1.54) is 36.4 Å². The van der Waals surface area contributed by atoms with Gasteiger partial charge >= 0.3 is 11.7 Å². The smallest absolute Gasteiger partial charge is 0.343 e. The minimum absolute atomic E-state index is 0.0138. The number of rotatable bonds is 5. The number of amides is 2. The fraction of sp³-hybridized carbons (Fsp3) is 0. The zero-order chi connectivity index (χ0) is 23.5. The SMILES string of the molecule is O=C1NN(c2ccccc2)C(=O)/C1=C\c1cccc([N+](=O)[O-])c1OC(=O)c1ccc(Cl)cc1. The average Bonchev–Trinajstić information content (AvgIpc) is 3.09. The molecule has 10 heteroatoms. The Labute approximate surface area is 192 Å². The maximum Gasteiger partial charge on any atom is 0.343 e. The molecule has 1 aliphatic rings. The van der Waals surface area contributed by atoms with E-state index in [-0.39, 0.29) is 16.7 Å². The van der Waals surface area contributed by atoms with Gasteiger partial charge in [0, 0.05) is 16.7 Å². The maximum absolute atomic E-state index is 12.8. The maximum atomic E-state index is 12.8. The molecule has 1 fully saturated rings. The molecule has 9 nitrogen and oxygen atoms in total. The molecule has 0 aliphatic carbocycles. The Balaban J connectivity index is 1.73. The predicted molar refractivity (Wildman–Crippen MR) is 120 cm³/mol. The number of hydrazine groups is 1. The Kier molecular flexibility index (Phi) is 5.88. The minimum atomic E-state index is -0.867. The summed E-state index contributed by atoms with van der Waals surface area (Å²) >= 11 is 5.82. The van der Waals surface area contributed by atoms with Crippen molar-refractivity contribution in [2.75, 3.05) is 5.01 Å². The molecule has 164 valence electrons. The Morgan fingerprint density at radius 1 is 1.00 bits per heavy atom. The number of esters is 1. The molecular weight excluding hydrogens is 450 g/mol. The lowest BCUT2D eigenvalue weighted by Crippen LogP contribution is -2.35. The van der Waals surface area contributed by atoms with Crippen molar-refractivity contribution >= 4 is 46.8 Å². The highest BCUT2D eigenvalue weighted by atomic mass is 35.5. The van der Waals surface area contributed by atoms with E-state index >= 15 is 0 Å². The molecule has 2 amide bonds. The van der Waals surface area contributed by atoms with Gasteiger partial charge in [-0.05, 0) is 42.5 Å². The number of halogens is 1. The third-order valence-electron chi connectivity index (χ3n) is 4.70. The first-order valence-electron chi connectivity index (χ1n) is 9.52. The number of hydrogen-bond donors (Lipinski definition) is 1. The van der Waals surface area contributed by atoms with Gasteiger partial charge in [-0.15, -0.1) is 0 Å². The van der Waals surface area contributed by atoms with Crippen LogP contribution in [0.25, 0.3) is 6.08 Å². The van der Waals surface area contributed by atoms with Gasteiger partial charge in [-0.2, -0.15) is 0 Å². The number of nitro groups is 1. The van der Waals surface area contributed by atoms with Crippen LogP contribution >= 0.6 is 11.6 Å². The molecule has 1 saturated heterocycles. The number of nitrogens with zero attached hydrogens (tertiary/aromatic N) is 2. The van der Waals surface area contributed by atoms with Crippen LogP contribution in [0.2, 0.25) is 5.02 Å². The van der Waals surface area contributed by atoms with Crippen molar-refractivity contribution in [3.05, 3.63) is 105 Å². The summed E-state index contributed by atoms with van der Waals surface area (Å²) in [6.45, 7) is 0. The quantitative estimate of drug-likeness (QED) is 0.153. The van der Waals surface area contributed by atoms with E-state index in [1.54, 1.807) is 30.3 Å². The summed E-state index contributed by atoms with van der Waals surface area (Å²) in [5.74, 6) is -2.62. The molecule has 0 radical (unpaired) electrons. The number of ether oxygens (including phenoxy) is 1. The van der Waals surface area contributed by atoms with Crippen LogP contribution in [0.3, 0.4) is 0 Å². The van der Waals surface area contributed by atoms with Gasteiger partial charge in [0.25, 0.3) is 11.8 Å². The highest BCUT2D eigenvalue weighted by Gasteiger charge is 2.35. The summed E-state index contributed by atoms with van der Waals surface area (Å²) in [6, 6.07) is 18.1. The van der Waals surface area contributed by atoms with E-state index < -0.39 is 34.1 Å². The van der Waals surface area contributed by atoms with Crippen molar-refractivity contribution in [3.63, 3.8) is 0 Å². The van der Waals surface area contributed by atoms with Crippen LogP contribution in [0.5, 0.6) is 5.75 Å². The summed E-state index contributed by atoms with van der Waals surface area (Å²) in [6.07, 6.45) is 1.15. The molecule has 1 aliphatic heterocycles. The second-order valence-corrected chi connectivity index (χ2v) is 7.26. The van der Waals surface area contributed by atoms with Crippen molar-refractivity contribution < 1.29 is 24.0 Å². The van der Waals surface area contributed by atoms with Gasteiger partial charge in [0.05, 0.1) is 16.2 Å². The highest BCUT2D eigenvalue weighted by Crippen LogP contribution is 2.34. The fourth-order valence-electron chi connectivity index (χ4n) is 3.12. The van der Waals surface area contributed by atoms with Crippen LogP contribution in [-0.4, -0.2) is 22.7 Å². The van der Waals surface area contributed by atoms with Gasteiger partial charge < -0.3 is 4.74 Å². The number of hydrogen-bond acceptors (Lipinski definition) is 6. The molecule has 3 aromatic carbocycles. The zero-order valence-electron chi connectivity index (χ0n) is 16.7. The lowest BCUT2D eigenvalue weighted by molar-refractivity contribution is -0.385. The number of carbonyl (C=O) groups excluding carboxylic acids is 3. The second kappa shape index (κ2) is 8.93. The Hall–Kier alpha value is -4.50. The summed E-state index contributed by atoms with van der Waals surface area (Å²) in [5, 5.41) is 13.0. The van der Waals surface area contributed by atoms with E-state index in [1.807, 2.05) is 0 Å². The zero-order valence-corrected chi connectivity index (χ0v) is 17.5. The summed E-state index contributed by atoms with van der Waals surface area (Å²) in [7, 11) is 0. The standard InChI is InChI=1S/C23H14ClN3O6/c24-16-11-9-14(10-12-16)23(30)33-20-15(5-4-8-19(20)27(31)32)13-18-21(28)25-26(22(18)29)17-6-2-1-3-7-17/h1-13H,(H,25,28)/b18-13-. The van der Waals surface area contributed by atoms with Crippen molar-refractivity contribution in [2.45, 2.75) is 0 Å². The number of carbonyl (C=O) groups is 3. The van der Waals surface area contributed by atoms with E-state index in [4.69, 9.17) is 16.3 Å². The first kappa shape index (κ1) is 21.7. The molecule has 4 rings (SSSR count). The van der Waals surface area contributed by atoms with Crippen LogP contribution in [0.1, 0.15) is 15.9 Å². The van der Waals surface area contributed by atoms with E-state index in [0.717, 1.165) is 17.2 Å². The topological polar surface area (TPSA) is 119 Å². The molecule has 0 aromatic heterocycles. The predicted octanol–water partition coefficient (Wildman–Crippen LogP) is 3.93. The first-order chi connectivity index (χ1) is 15.8. The van der Waals surface area contributed by atoms with Crippen LogP contribution in [-0.2, 0) is 9.59 Å². The lowest BCUT2D eigenvalue weighted by atomic mass is 10.1. The molecule has 1 heterocycles. The first-order valence-corrected chi connectivity index (χ1v) is 9.90. The van der Waals surface area contributed by atoms with E-state index in [0.29, 0.717) is 10.7 Å². The van der Waals surface area contributed by atoms with Crippen molar-refractivity contribution in [1.29, 1.82) is 0 Å². The van der Waals surface area contributed by atoms with Gasteiger partial charge in [-0.25, -0.2) is 9.80 Å². The van der Waals surface area contributed by atoms with Crippen LogP contribution < -0.4 is 15.2 Å². The summed E-state index contributed by atoms with van der Waals surface area (Å²) < 4.78 is 5.33. The van der Waals surface area contributed by atoms with Crippen LogP contribution in [0, 0.1) is 10.1 Å². The number of benzene rings is 3. The molecule has 0 saturated carbocycles. The molecule has 0 unspecified atom stereocenters. The molecule has 0 bridgehead atoms. The van der Waals surface area contributed by atoms with Crippen LogP contribution in [0.15, 0.2) is 78.4 Å². The molecule has 0 spiro atoms. The molecule has 1 N–H and O–H groups in total. The molecular formula is C23H14ClN3O6. The molecule has 3 aromatic rings. The third kappa shape index (κ3) is 4.43. The largest absolute Gasteiger partial charge is 0.415 e. The monoisotopic (exact) mass is 463 g/mol. The average molecular weight is 464 g/mol. The minimum Gasteiger partial charge on any atom is -0.415 e. The second-order valence-electron chi connectivity index (χ2n) is 6.82. The summed E-state index contributed by atoms with van der Waals surface area (Å²) in [4.78, 5) is 48.8. The number of para-hydroxylation sites is 2. The highest BCUT2D eigenvalue weighted by molar-refractivity contribution is 6.32. The van der Waals surface area contributed by atoms with E-state index in [9.17, 15) is 24.5 Å². The van der Waals surface area contributed by atoms with Gasteiger partial charge in [0.1, 0.15) is 5.57 Å². The van der Waals surface area contributed by atoms with Gasteiger partial charge in [0.2, 0.25) is 5.75 Å². The molecule has 33 heavy (non-hydrogen) atoms. The van der Waals surface area contributed by atoms with Crippen molar-refractivity contribution in [2.24, 2.45) is 0 Å². The van der Waals surface area contributed by atoms with E-state index in [2.05, 4.69) is 5.43 Å². The number of nitrogens with one attached hydrogen (secondary N) is 1. The van der Waals surface area contributed by atoms with Crippen molar-refractivity contribution in [3.8, 4) is 5.75 Å². The lowest BCUT2D eigenvalue weighted by Gasteiger charge is -2.14. The van der Waals surface area contributed by atoms with Gasteiger partial charge in [-0.3, -0.25) is 25.1 Å². The molecule has 0 atom stereocenters. The van der Waals surface area contributed by atoms with Gasteiger partial charge in [0.15, 0.2) is 0 Å². The Morgan fingerprint density at radius 2 is 1.70 bits per heavy atom. The van der Waals surface area contributed by atoms with Gasteiger partial charge in [-0.1, -0.05) is 41.9 Å². The third-order valence-corrected chi connectivity index (χ3v) is 4.95. The fourth-order valence-corrected chi connectivity index (χ4v) is 3.25. The Morgan fingerprint density at radius 3 is 2.36 bits per heavy atom. The number of anilines is 1. The Bertz CT molecular complexity index is 1310. The normalized spacial score (nSPS) is 14.3.